The van der Waals surface area contributed by atoms with E-state index in [-0.39, 0.29) is 5.82 Å². The smallest absolute Gasteiger partial charge is 0.192 e. The molecule has 0 aliphatic heterocycles. The van der Waals surface area contributed by atoms with Gasteiger partial charge in [0.1, 0.15) is 12.1 Å². The number of nitrogens with zero attached hydrogens (tertiary/aromatic N) is 6. The molecule has 0 radical (unpaired) electrons. The van der Waals surface area contributed by atoms with Crippen LogP contribution in [0.5, 0.6) is 0 Å². The molecule has 0 N–H and O–H groups in total. The molecule has 2 aromatic carbocycles. The molecule has 0 aliphatic carbocycles. The zero-order valence-corrected chi connectivity index (χ0v) is 13.8. The average Bonchev–Trinajstić information content (AvgIpc) is 3.27. The minimum Gasteiger partial charge on any atom is -0.301 e. The first-order valence-electron chi connectivity index (χ1n) is 8.11. The van der Waals surface area contributed by atoms with Crippen molar-refractivity contribution in [1.29, 1.82) is 0 Å². The van der Waals surface area contributed by atoms with Gasteiger partial charge < -0.3 is 4.57 Å². The zero-order valence-electron chi connectivity index (χ0n) is 13.8. The lowest BCUT2D eigenvalue weighted by Crippen LogP contribution is -1.96. The van der Waals surface area contributed by atoms with E-state index in [0.717, 1.165) is 27.8 Å². The second-order valence-corrected chi connectivity index (χ2v) is 6.15. The molecule has 7 heteroatoms. The van der Waals surface area contributed by atoms with Gasteiger partial charge in [-0.15, -0.1) is 5.10 Å². The third kappa shape index (κ3) is 2.17. The van der Waals surface area contributed by atoms with Crippen LogP contribution in [0.1, 0.15) is 5.56 Å². The SMILES string of the molecule is Cc1ccc(-c2cn(-c3ccc(F)cc3)c3ncn4nnnc4c23)cc1. The molecular formula is C19H13FN6. The van der Waals surface area contributed by atoms with Crippen LogP contribution in [0.15, 0.2) is 61.1 Å². The summed E-state index contributed by atoms with van der Waals surface area (Å²) in [5.74, 6) is -0.277. The van der Waals surface area contributed by atoms with E-state index in [1.54, 1.807) is 23.0 Å². The van der Waals surface area contributed by atoms with E-state index in [2.05, 4.69) is 44.8 Å². The van der Waals surface area contributed by atoms with Gasteiger partial charge in [-0.3, -0.25) is 0 Å². The molecule has 0 saturated carbocycles. The van der Waals surface area contributed by atoms with Gasteiger partial charge in [-0.2, -0.15) is 4.52 Å². The number of hydrogen-bond acceptors (Lipinski definition) is 4. The summed E-state index contributed by atoms with van der Waals surface area (Å²) in [6, 6.07) is 14.6. The van der Waals surface area contributed by atoms with Crippen LogP contribution < -0.4 is 0 Å². The fraction of sp³-hybridized carbons (Fsp3) is 0.0526. The van der Waals surface area contributed by atoms with E-state index in [1.165, 1.54) is 17.7 Å². The molecule has 6 nitrogen and oxygen atoms in total. The van der Waals surface area contributed by atoms with Gasteiger partial charge in [0.15, 0.2) is 11.3 Å². The molecule has 0 unspecified atom stereocenters. The number of hydrogen-bond donors (Lipinski definition) is 0. The van der Waals surface area contributed by atoms with Crippen molar-refractivity contribution in [1.82, 2.24) is 29.6 Å². The Bertz CT molecular complexity index is 1240. The summed E-state index contributed by atoms with van der Waals surface area (Å²) in [6.45, 7) is 2.05. The van der Waals surface area contributed by atoms with E-state index < -0.39 is 0 Å². The van der Waals surface area contributed by atoms with Crippen LogP contribution >= 0.6 is 0 Å². The molecule has 3 heterocycles. The van der Waals surface area contributed by atoms with Crippen molar-refractivity contribution in [3.8, 4) is 16.8 Å². The maximum atomic E-state index is 13.3. The van der Waals surface area contributed by atoms with E-state index in [1.807, 2.05) is 17.7 Å². The van der Waals surface area contributed by atoms with Crippen LogP contribution in [0.4, 0.5) is 4.39 Å². The quantitative estimate of drug-likeness (QED) is 0.491. The highest BCUT2D eigenvalue weighted by atomic mass is 19.1. The maximum Gasteiger partial charge on any atom is 0.192 e. The maximum absolute atomic E-state index is 13.3. The lowest BCUT2D eigenvalue weighted by Gasteiger charge is -2.04. The van der Waals surface area contributed by atoms with Crippen molar-refractivity contribution in [2.75, 3.05) is 0 Å². The molecule has 0 bridgehead atoms. The second-order valence-electron chi connectivity index (χ2n) is 6.15. The summed E-state index contributed by atoms with van der Waals surface area (Å²) in [5.41, 5.74) is 5.36. The molecule has 0 aliphatic rings. The number of tetrazole rings is 1. The monoisotopic (exact) mass is 344 g/mol. The molecule has 3 aromatic heterocycles. The van der Waals surface area contributed by atoms with E-state index in [4.69, 9.17) is 0 Å². The minimum absolute atomic E-state index is 0.277. The van der Waals surface area contributed by atoms with E-state index in [0.29, 0.717) is 5.65 Å². The highest BCUT2D eigenvalue weighted by molar-refractivity contribution is 6.03. The molecule has 5 rings (SSSR count). The van der Waals surface area contributed by atoms with E-state index in [9.17, 15) is 4.39 Å². The Morgan fingerprint density at radius 1 is 0.923 bits per heavy atom. The standard InChI is InChI=1S/C19H13FN6/c1-12-2-4-13(5-3-12)16-10-25(15-8-6-14(20)7-9-15)18-17(16)19-22-23-24-26(19)11-21-18/h2-11H,1H3. The van der Waals surface area contributed by atoms with Crippen LogP contribution in [0.2, 0.25) is 0 Å². The molecule has 26 heavy (non-hydrogen) atoms. The van der Waals surface area contributed by atoms with Gasteiger partial charge in [-0.05, 0) is 47.2 Å². The lowest BCUT2D eigenvalue weighted by molar-refractivity contribution is 0.627. The third-order valence-corrected chi connectivity index (χ3v) is 4.45. The van der Waals surface area contributed by atoms with Crippen LogP contribution in [0, 0.1) is 12.7 Å². The minimum atomic E-state index is -0.277. The Kier molecular flexibility index (Phi) is 3.08. The van der Waals surface area contributed by atoms with Crippen molar-refractivity contribution in [2.45, 2.75) is 6.92 Å². The third-order valence-electron chi connectivity index (χ3n) is 4.45. The summed E-state index contributed by atoms with van der Waals surface area (Å²) in [4.78, 5) is 4.53. The van der Waals surface area contributed by atoms with Gasteiger partial charge >= 0.3 is 0 Å². The lowest BCUT2D eigenvalue weighted by atomic mass is 10.0. The average molecular weight is 344 g/mol. The first-order chi connectivity index (χ1) is 12.7. The van der Waals surface area contributed by atoms with Gasteiger partial charge in [0, 0.05) is 17.4 Å². The molecule has 0 fully saturated rings. The van der Waals surface area contributed by atoms with Crippen LogP contribution in [0.3, 0.4) is 0 Å². The summed E-state index contributed by atoms with van der Waals surface area (Å²) >= 11 is 0. The summed E-state index contributed by atoms with van der Waals surface area (Å²) in [7, 11) is 0. The zero-order chi connectivity index (χ0) is 17.7. The summed E-state index contributed by atoms with van der Waals surface area (Å²) in [6.07, 6.45) is 3.57. The Labute approximate surface area is 147 Å². The Morgan fingerprint density at radius 3 is 2.46 bits per heavy atom. The van der Waals surface area contributed by atoms with Crippen molar-refractivity contribution in [3.05, 3.63) is 72.4 Å². The van der Waals surface area contributed by atoms with Crippen molar-refractivity contribution in [3.63, 3.8) is 0 Å². The van der Waals surface area contributed by atoms with Gasteiger partial charge in [-0.25, -0.2) is 9.37 Å². The molecule has 0 saturated heterocycles. The highest BCUT2D eigenvalue weighted by Crippen LogP contribution is 2.33. The number of halogens is 1. The molecule has 0 spiro atoms. The molecule has 0 atom stereocenters. The van der Waals surface area contributed by atoms with E-state index >= 15 is 0 Å². The number of aryl methyl sites for hydroxylation is 1. The second kappa shape index (κ2) is 5.45. The number of fused-ring (bicyclic) bond motifs is 3. The summed E-state index contributed by atoms with van der Waals surface area (Å²) < 4.78 is 16.8. The number of rotatable bonds is 2. The topological polar surface area (TPSA) is 60.9 Å². The Morgan fingerprint density at radius 2 is 1.69 bits per heavy atom. The fourth-order valence-electron chi connectivity index (χ4n) is 3.14. The molecule has 5 aromatic rings. The Balaban J connectivity index is 1.87. The van der Waals surface area contributed by atoms with Crippen molar-refractivity contribution in [2.24, 2.45) is 0 Å². The first kappa shape index (κ1) is 14.7. The number of benzene rings is 2. The molecule has 0 amide bonds. The summed E-state index contributed by atoms with van der Waals surface area (Å²) in [5, 5.41) is 12.7. The number of aromatic nitrogens is 6. The Hall–Kier alpha value is -3.61. The molecule has 126 valence electrons. The van der Waals surface area contributed by atoms with Gasteiger partial charge in [0.2, 0.25) is 0 Å². The van der Waals surface area contributed by atoms with Crippen molar-refractivity contribution >= 4 is 16.7 Å². The van der Waals surface area contributed by atoms with Crippen LogP contribution in [-0.2, 0) is 0 Å². The predicted octanol–water partition coefficient (Wildman–Crippen LogP) is 3.58. The first-order valence-corrected chi connectivity index (χ1v) is 8.11. The fourth-order valence-corrected chi connectivity index (χ4v) is 3.14. The predicted molar refractivity (Wildman–Crippen MR) is 95.5 cm³/mol. The van der Waals surface area contributed by atoms with Crippen LogP contribution in [-0.4, -0.2) is 29.6 Å². The van der Waals surface area contributed by atoms with Gasteiger partial charge in [0.25, 0.3) is 0 Å². The van der Waals surface area contributed by atoms with Crippen LogP contribution in [0.25, 0.3) is 33.5 Å². The largest absolute Gasteiger partial charge is 0.301 e. The molecular weight excluding hydrogens is 331 g/mol. The normalized spacial score (nSPS) is 11.5. The highest BCUT2D eigenvalue weighted by Gasteiger charge is 2.17. The van der Waals surface area contributed by atoms with Gasteiger partial charge in [0.05, 0.1) is 5.39 Å². The van der Waals surface area contributed by atoms with Crippen molar-refractivity contribution < 1.29 is 4.39 Å². The van der Waals surface area contributed by atoms with Gasteiger partial charge in [-0.1, -0.05) is 29.8 Å².